The van der Waals surface area contributed by atoms with E-state index >= 15 is 0 Å². The lowest BCUT2D eigenvalue weighted by atomic mass is 10.1. The zero-order valence-electron chi connectivity index (χ0n) is 10.6. The van der Waals surface area contributed by atoms with Crippen LogP contribution in [-0.2, 0) is 4.79 Å². The van der Waals surface area contributed by atoms with Crippen molar-refractivity contribution < 1.29 is 9.59 Å². The van der Waals surface area contributed by atoms with Crippen LogP contribution < -0.4 is 4.90 Å². The molecule has 1 amide bonds. The molecule has 2 aromatic rings. The van der Waals surface area contributed by atoms with Crippen molar-refractivity contribution in [3.8, 4) is 0 Å². The number of carbonyl (C=O) groups is 2. The van der Waals surface area contributed by atoms with E-state index in [0.29, 0.717) is 21.9 Å². The molecule has 0 radical (unpaired) electrons. The second-order valence-corrected chi connectivity index (χ2v) is 5.95. The molecular weight excluding hydrogens is 294 g/mol. The molecule has 1 fully saturated rings. The molecule has 1 aromatic heterocycles. The Bertz CT molecular complexity index is 663. The predicted molar refractivity (Wildman–Crippen MR) is 80.8 cm³/mol. The lowest BCUT2D eigenvalue weighted by Gasteiger charge is -2.15. The Balaban J connectivity index is 1.85. The molecule has 1 saturated heterocycles. The number of hydrogen-bond acceptors (Lipinski definition) is 3. The standard InChI is InChI=1S/C15H12ClNO2S/c16-12-7-9-20-15(12)14(19)10-3-5-11(6-4-10)17-8-1-2-13(17)18/h3-7,9H,1-2,8H2. The molecule has 0 N–H and O–H groups in total. The number of hydrogen-bond donors (Lipinski definition) is 0. The quantitative estimate of drug-likeness (QED) is 0.810. The van der Waals surface area contributed by atoms with Crippen LogP contribution in [0.2, 0.25) is 5.02 Å². The largest absolute Gasteiger partial charge is 0.312 e. The average Bonchev–Trinajstić information content (AvgIpc) is 3.07. The molecule has 1 aromatic carbocycles. The fraction of sp³-hybridized carbons (Fsp3) is 0.200. The minimum atomic E-state index is -0.0794. The van der Waals surface area contributed by atoms with E-state index in [0.717, 1.165) is 18.7 Å². The van der Waals surface area contributed by atoms with Crippen LogP contribution in [0, 0.1) is 0 Å². The number of carbonyl (C=O) groups excluding carboxylic acids is 2. The summed E-state index contributed by atoms with van der Waals surface area (Å²) in [5.74, 6) is 0.0645. The summed E-state index contributed by atoms with van der Waals surface area (Å²) in [7, 11) is 0. The van der Waals surface area contributed by atoms with E-state index in [1.165, 1.54) is 11.3 Å². The fourth-order valence-electron chi connectivity index (χ4n) is 2.30. The van der Waals surface area contributed by atoms with Gasteiger partial charge in [-0.3, -0.25) is 9.59 Å². The van der Waals surface area contributed by atoms with Crippen LogP contribution in [0.25, 0.3) is 0 Å². The first-order valence-electron chi connectivity index (χ1n) is 6.35. The van der Waals surface area contributed by atoms with Gasteiger partial charge in [-0.15, -0.1) is 11.3 Å². The Morgan fingerprint density at radius 3 is 2.50 bits per heavy atom. The number of anilines is 1. The van der Waals surface area contributed by atoms with Crippen molar-refractivity contribution in [2.45, 2.75) is 12.8 Å². The predicted octanol–water partition coefficient (Wildman–Crippen LogP) is 3.76. The van der Waals surface area contributed by atoms with Crippen LogP contribution in [0.5, 0.6) is 0 Å². The summed E-state index contributed by atoms with van der Waals surface area (Å²) in [6, 6.07) is 8.85. The third-order valence-corrected chi connectivity index (χ3v) is 4.68. The molecule has 1 aliphatic heterocycles. The molecule has 0 atom stereocenters. The van der Waals surface area contributed by atoms with Gasteiger partial charge in [-0.25, -0.2) is 0 Å². The van der Waals surface area contributed by atoms with Gasteiger partial charge in [-0.05, 0) is 42.1 Å². The van der Waals surface area contributed by atoms with Crippen molar-refractivity contribution in [3.05, 3.63) is 51.2 Å². The highest BCUT2D eigenvalue weighted by Crippen LogP contribution is 2.27. The van der Waals surface area contributed by atoms with Crippen molar-refractivity contribution in [1.29, 1.82) is 0 Å². The number of amides is 1. The highest BCUT2D eigenvalue weighted by atomic mass is 35.5. The summed E-state index contributed by atoms with van der Waals surface area (Å²) in [5.41, 5.74) is 1.44. The van der Waals surface area contributed by atoms with E-state index in [9.17, 15) is 9.59 Å². The maximum absolute atomic E-state index is 12.3. The van der Waals surface area contributed by atoms with Crippen molar-refractivity contribution >= 4 is 40.3 Å². The summed E-state index contributed by atoms with van der Waals surface area (Å²) in [6.45, 7) is 0.753. The second-order valence-electron chi connectivity index (χ2n) is 4.62. The van der Waals surface area contributed by atoms with Gasteiger partial charge in [0.25, 0.3) is 0 Å². The molecule has 3 nitrogen and oxygen atoms in total. The van der Waals surface area contributed by atoms with Crippen molar-refractivity contribution in [2.75, 3.05) is 11.4 Å². The minimum absolute atomic E-state index is 0.0794. The maximum Gasteiger partial charge on any atom is 0.227 e. The second kappa shape index (κ2) is 5.38. The topological polar surface area (TPSA) is 37.4 Å². The first-order valence-corrected chi connectivity index (χ1v) is 7.61. The Morgan fingerprint density at radius 1 is 1.20 bits per heavy atom. The summed E-state index contributed by atoms with van der Waals surface area (Å²) in [4.78, 5) is 26.2. The van der Waals surface area contributed by atoms with Gasteiger partial charge in [0.15, 0.2) is 0 Å². The molecule has 0 aliphatic carbocycles. The molecule has 0 bridgehead atoms. The van der Waals surface area contributed by atoms with E-state index in [-0.39, 0.29) is 11.7 Å². The number of thiophene rings is 1. The molecule has 2 heterocycles. The van der Waals surface area contributed by atoms with Gasteiger partial charge in [0.1, 0.15) is 0 Å². The Morgan fingerprint density at radius 2 is 1.95 bits per heavy atom. The summed E-state index contributed by atoms with van der Waals surface area (Å²) in [6.07, 6.45) is 1.50. The number of halogens is 1. The van der Waals surface area contributed by atoms with E-state index in [4.69, 9.17) is 11.6 Å². The fourth-order valence-corrected chi connectivity index (χ4v) is 3.40. The molecule has 5 heteroatoms. The molecule has 0 spiro atoms. The van der Waals surface area contributed by atoms with Crippen LogP contribution in [0.3, 0.4) is 0 Å². The molecule has 20 heavy (non-hydrogen) atoms. The van der Waals surface area contributed by atoms with E-state index < -0.39 is 0 Å². The van der Waals surface area contributed by atoms with E-state index in [2.05, 4.69) is 0 Å². The molecule has 0 unspecified atom stereocenters. The molecule has 3 rings (SSSR count). The van der Waals surface area contributed by atoms with Gasteiger partial charge in [0, 0.05) is 24.2 Å². The van der Waals surface area contributed by atoms with Crippen molar-refractivity contribution in [2.24, 2.45) is 0 Å². The Hall–Kier alpha value is -1.65. The maximum atomic E-state index is 12.3. The highest BCUT2D eigenvalue weighted by Gasteiger charge is 2.22. The van der Waals surface area contributed by atoms with E-state index in [1.54, 1.807) is 28.5 Å². The molecular formula is C15H12ClNO2S. The van der Waals surface area contributed by atoms with Crippen LogP contribution in [0.1, 0.15) is 28.1 Å². The molecule has 102 valence electrons. The summed E-state index contributed by atoms with van der Waals surface area (Å²) < 4.78 is 0. The zero-order chi connectivity index (χ0) is 14.1. The Kier molecular flexibility index (Phi) is 3.59. The summed E-state index contributed by atoms with van der Waals surface area (Å²) in [5, 5.41) is 2.28. The lowest BCUT2D eigenvalue weighted by Crippen LogP contribution is -2.23. The van der Waals surface area contributed by atoms with Gasteiger partial charge in [0.05, 0.1) is 9.90 Å². The highest BCUT2D eigenvalue weighted by molar-refractivity contribution is 7.13. The van der Waals surface area contributed by atoms with Gasteiger partial charge < -0.3 is 4.90 Å². The van der Waals surface area contributed by atoms with Crippen LogP contribution >= 0.6 is 22.9 Å². The first kappa shape index (κ1) is 13.3. The zero-order valence-corrected chi connectivity index (χ0v) is 12.2. The van der Waals surface area contributed by atoms with Crippen LogP contribution in [-0.4, -0.2) is 18.2 Å². The number of benzene rings is 1. The smallest absolute Gasteiger partial charge is 0.227 e. The Labute approximate surface area is 125 Å². The van der Waals surface area contributed by atoms with Gasteiger partial charge in [-0.2, -0.15) is 0 Å². The van der Waals surface area contributed by atoms with Crippen LogP contribution in [0.4, 0.5) is 5.69 Å². The monoisotopic (exact) mass is 305 g/mol. The van der Waals surface area contributed by atoms with Gasteiger partial charge in [0.2, 0.25) is 11.7 Å². The normalized spacial score (nSPS) is 14.8. The third-order valence-electron chi connectivity index (χ3n) is 3.34. The molecule has 0 saturated carbocycles. The SMILES string of the molecule is O=C(c1ccc(N2CCCC2=O)cc1)c1sccc1Cl. The van der Waals surface area contributed by atoms with Crippen molar-refractivity contribution in [1.82, 2.24) is 0 Å². The van der Waals surface area contributed by atoms with E-state index in [1.807, 2.05) is 12.1 Å². The number of ketones is 1. The third kappa shape index (κ3) is 2.37. The average molecular weight is 306 g/mol. The number of rotatable bonds is 3. The van der Waals surface area contributed by atoms with Gasteiger partial charge in [-0.1, -0.05) is 11.6 Å². The van der Waals surface area contributed by atoms with Gasteiger partial charge >= 0.3 is 0 Å². The van der Waals surface area contributed by atoms with Crippen LogP contribution in [0.15, 0.2) is 35.7 Å². The lowest BCUT2D eigenvalue weighted by molar-refractivity contribution is -0.117. The van der Waals surface area contributed by atoms with Crippen molar-refractivity contribution in [3.63, 3.8) is 0 Å². The molecule has 1 aliphatic rings. The number of nitrogens with zero attached hydrogens (tertiary/aromatic N) is 1. The summed E-state index contributed by atoms with van der Waals surface area (Å²) >= 11 is 7.31. The first-order chi connectivity index (χ1) is 9.66. The minimum Gasteiger partial charge on any atom is -0.312 e.